The van der Waals surface area contributed by atoms with Crippen LogP contribution in [0, 0.1) is 0 Å². The van der Waals surface area contributed by atoms with Gasteiger partial charge in [-0.2, -0.15) is 0 Å². The van der Waals surface area contributed by atoms with Crippen molar-refractivity contribution in [1.82, 2.24) is 4.98 Å². The highest BCUT2D eigenvalue weighted by atomic mass is 35.5. The van der Waals surface area contributed by atoms with Crippen molar-refractivity contribution in [2.45, 2.75) is 26.2 Å². The number of aryl methyl sites for hydroxylation is 1. The van der Waals surface area contributed by atoms with Crippen molar-refractivity contribution in [3.05, 3.63) is 39.2 Å². The summed E-state index contributed by atoms with van der Waals surface area (Å²) < 4.78 is 0. The second-order valence-corrected chi connectivity index (χ2v) is 5.81. The summed E-state index contributed by atoms with van der Waals surface area (Å²) in [6.07, 6.45) is 1.89. The summed E-state index contributed by atoms with van der Waals surface area (Å²) in [5.41, 5.74) is 1.69. The molecular weight excluding hydrogens is 282 g/mol. The van der Waals surface area contributed by atoms with E-state index >= 15 is 0 Å². The molecule has 0 radical (unpaired) electrons. The van der Waals surface area contributed by atoms with E-state index in [2.05, 4.69) is 11.9 Å². The van der Waals surface area contributed by atoms with Crippen LogP contribution in [0.25, 0.3) is 11.3 Å². The molecule has 0 bridgehead atoms. The molecule has 0 fully saturated rings. The van der Waals surface area contributed by atoms with Gasteiger partial charge in [0.1, 0.15) is 0 Å². The molecule has 0 aliphatic carbocycles. The minimum absolute atomic E-state index is 0.0132. The van der Waals surface area contributed by atoms with E-state index in [0.29, 0.717) is 5.02 Å². The van der Waals surface area contributed by atoms with E-state index in [1.165, 1.54) is 11.3 Å². The number of nitrogens with zero attached hydrogens (tertiary/aromatic N) is 1. The predicted octanol–water partition coefficient (Wildman–Crippen LogP) is 4.04. The molecule has 0 aliphatic rings. The average molecular weight is 296 g/mol. The Kier molecular flexibility index (Phi) is 4.56. The zero-order chi connectivity index (χ0) is 13.8. The summed E-state index contributed by atoms with van der Waals surface area (Å²) in [5.74, 6) is -0.832. The fourth-order valence-corrected chi connectivity index (χ4v) is 3.12. The van der Waals surface area contributed by atoms with Gasteiger partial charge in [-0.1, -0.05) is 30.7 Å². The van der Waals surface area contributed by atoms with Gasteiger partial charge < -0.3 is 5.11 Å². The largest absolute Gasteiger partial charge is 0.481 e. The molecule has 2 rings (SSSR count). The highest BCUT2D eigenvalue weighted by Crippen LogP contribution is 2.30. The SMILES string of the molecule is CCCc1nc(-c2ccc(Cl)cc2)c(CC(=O)O)s1. The first-order valence-electron chi connectivity index (χ1n) is 6.06. The van der Waals surface area contributed by atoms with Crippen molar-refractivity contribution in [2.24, 2.45) is 0 Å². The number of aromatic nitrogens is 1. The van der Waals surface area contributed by atoms with Gasteiger partial charge in [0.15, 0.2) is 0 Å². The van der Waals surface area contributed by atoms with E-state index < -0.39 is 5.97 Å². The molecule has 0 saturated carbocycles. The third-order valence-corrected chi connectivity index (χ3v) is 4.00. The molecule has 5 heteroatoms. The maximum atomic E-state index is 10.9. The van der Waals surface area contributed by atoms with E-state index in [-0.39, 0.29) is 6.42 Å². The first-order valence-corrected chi connectivity index (χ1v) is 7.26. The molecule has 3 nitrogen and oxygen atoms in total. The van der Waals surface area contributed by atoms with Crippen molar-refractivity contribution in [2.75, 3.05) is 0 Å². The number of carboxylic acids is 1. The van der Waals surface area contributed by atoms with Crippen LogP contribution in [0.5, 0.6) is 0 Å². The van der Waals surface area contributed by atoms with Crippen LogP contribution in [-0.2, 0) is 17.6 Å². The number of hydrogen-bond acceptors (Lipinski definition) is 3. The van der Waals surface area contributed by atoms with Crippen molar-refractivity contribution in [1.29, 1.82) is 0 Å². The predicted molar refractivity (Wildman–Crippen MR) is 77.9 cm³/mol. The average Bonchev–Trinajstić information content (AvgIpc) is 2.72. The Morgan fingerprint density at radius 1 is 1.37 bits per heavy atom. The minimum Gasteiger partial charge on any atom is -0.481 e. The first-order chi connectivity index (χ1) is 9.10. The van der Waals surface area contributed by atoms with Gasteiger partial charge in [-0.15, -0.1) is 11.3 Å². The summed E-state index contributed by atoms with van der Waals surface area (Å²) in [4.78, 5) is 16.3. The summed E-state index contributed by atoms with van der Waals surface area (Å²) in [5, 5.41) is 10.6. The van der Waals surface area contributed by atoms with Gasteiger partial charge >= 0.3 is 5.97 Å². The van der Waals surface area contributed by atoms with Crippen LogP contribution >= 0.6 is 22.9 Å². The molecule has 0 spiro atoms. The molecule has 100 valence electrons. The summed E-state index contributed by atoms with van der Waals surface area (Å²) in [6.45, 7) is 2.08. The molecule has 0 atom stereocenters. The molecule has 1 N–H and O–H groups in total. The normalized spacial score (nSPS) is 10.6. The topological polar surface area (TPSA) is 50.2 Å². The van der Waals surface area contributed by atoms with E-state index in [1.54, 1.807) is 12.1 Å². The number of aliphatic carboxylic acids is 1. The van der Waals surface area contributed by atoms with Gasteiger partial charge in [0.2, 0.25) is 0 Å². The van der Waals surface area contributed by atoms with E-state index in [9.17, 15) is 4.79 Å². The van der Waals surface area contributed by atoms with Gasteiger partial charge in [-0.05, 0) is 25.0 Å². The smallest absolute Gasteiger partial charge is 0.308 e. The number of rotatable bonds is 5. The number of hydrogen-bond donors (Lipinski definition) is 1. The Labute approximate surface area is 120 Å². The van der Waals surface area contributed by atoms with Gasteiger partial charge in [0.05, 0.1) is 17.1 Å². The van der Waals surface area contributed by atoms with Crippen molar-refractivity contribution in [3.8, 4) is 11.3 Å². The van der Waals surface area contributed by atoms with Gasteiger partial charge in [-0.25, -0.2) is 4.98 Å². The van der Waals surface area contributed by atoms with Crippen molar-refractivity contribution < 1.29 is 9.90 Å². The fraction of sp³-hybridized carbons (Fsp3) is 0.286. The van der Waals surface area contributed by atoms with Crippen LogP contribution in [0.1, 0.15) is 23.2 Å². The summed E-state index contributed by atoms with van der Waals surface area (Å²) in [6, 6.07) is 7.33. The maximum absolute atomic E-state index is 10.9. The molecule has 0 aliphatic heterocycles. The number of thiazole rings is 1. The third kappa shape index (κ3) is 3.55. The molecule has 0 saturated heterocycles. The number of carbonyl (C=O) groups is 1. The van der Waals surface area contributed by atoms with Crippen LogP contribution in [0.2, 0.25) is 5.02 Å². The fourth-order valence-electron chi connectivity index (χ4n) is 1.81. The summed E-state index contributed by atoms with van der Waals surface area (Å²) >= 11 is 7.35. The Bertz CT molecular complexity index is 578. The number of halogens is 1. The lowest BCUT2D eigenvalue weighted by Crippen LogP contribution is -1.99. The van der Waals surface area contributed by atoms with Gasteiger partial charge in [0.25, 0.3) is 0 Å². The zero-order valence-electron chi connectivity index (χ0n) is 10.5. The van der Waals surface area contributed by atoms with Crippen molar-refractivity contribution >= 4 is 28.9 Å². The quantitative estimate of drug-likeness (QED) is 0.905. The lowest BCUT2D eigenvalue weighted by atomic mass is 10.1. The number of carboxylic acid groups (broad SMARTS) is 1. The van der Waals surface area contributed by atoms with E-state index in [1.807, 2.05) is 12.1 Å². The zero-order valence-corrected chi connectivity index (χ0v) is 12.1. The van der Waals surface area contributed by atoms with Crippen LogP contribution in [0.15, 0.2) is 24.3 Å². The lowest BCUT2D eigenvalue weighted by Gasteiger charge is -2.00. The second-order valence-electron chi connectivity index (χ2n) is 4.21. The van der Waals surface area contributed by atoms with Crippen LogP contribution in [-0.4, -0.2) is 16.1 Å². The second kappa shape index (κ2) is 6.17. The van der Waals surface area contributed by atoms with Crippen molar-refractivity contribution in [3.63, 3.8) is 0 Å². The van der Waals surface area contributed by atoms with Crippen LogP contribution < -0.4 is 0 Å². The minimum atomic E-state index is -0.832. The maximum Gasteiger partial charge on any atom is 0.308 e. The Morgan fingerprint density at radius 2 is 2.05 bits per heavy atom. The lowest BCUT2D eigenvalue weighted by molar-refractivity contribution is -0.136. The molecule has 2 aromatic rings. The molecule has 19 heavy (non-hydrogen) atoms. The monoisotopic (exact) mass is 295 g/mol. The Morgan fingerprint density at radius 3 is 2.63 bits per heavy atom. The molecular formula is C14H14ClNO2S. The van der Waals surface area contributed by atoms with E-state index in [0.717, 1.165) is 34.0 Å². The Balaban J connectivity index is 2.41. The van der Waals surface area contributed by atoms with Crippen LogP contribution in [0.3, 0.4) is 0 Å². The highest BCUT2D eigenvalue weighted by Gasteiger charge is 2.15. The van der Waals surface area contributed by atoms with Gasteiger partial charge in [0, 0.05) is 15.5 Å². The molecule has 0 amide bonds. The van der Waals surface area contributed by atoms with Gasteiger partial charge in [-0.3, -0.25) is 4.79 Å². The first kappa shape index (κ1) is 14.0. The standard InChI is InChI=1S/C14H14ClNO2S/c1-2-3-12-16-14(11(19-12)8-13(17)18)9-4-6-10(15)7-5-9/h4-7H,2-3,8H2,1H3,(H,17,18). The Hall–Kier alpha value is -1.39. The van der Waals surface area contributed by atoms with Crippen LogP contribution in [0.4, 0.5) is 0 Å². The molecule has 0 unspecified atom stereocenters. The molecule has 1 aromatic heterocycles. The third-order valence-electron chi connectivity index (χ3n) is 2.63. The number of benzene rings is 1. The molecule has 1 heterocycles. The van der Waals surface area contributed by atoms with E-state index in [4.69, 9.17) is 16.7 Å². The highest BCUT2D eigenvalue weighted by molar-refractivity contribution is 7.12. The summed E-state index contributed by atoms with van der Waals surface area (Å²) in [7, 11) is 0. The molecule has 1 aromatic carbocycles.